The second kappa shape index (κ2) is 5.53. The predicted molar refractivity (Wildman–Crippen MR) is 62.8 cm³/mol. The van der Waals surface area contributed by atoms with E-state index in [9.17, 15) is 4.79 Å². The normalized spacial score (nSPS) is 17.9. The summed E-state index contributed by atoms with van der Waals surface area (Å²) in [5.74, 6) is -0.454. The molecule has 0 aromatic rings. The Morgan fingerprint density at radius 2 is 2.33 bits per heavy atom. The third-order valence-corrected chi connectivity index (χ3v) is 2.24. The van der Waals surface area contributed by atoms with Gasteiger partial charge in [0.15, 0.2) is 0 Å². The first-order valence-electron chi connectivity index (χ1n) is 4.25. The zero-order chi connectivity index (χ0) is 10.6. The first-order chi connectivity index (χ1) is 6.61. The molecule has 1 aliphatic rings. The van der Waals surface area contributed by atoms with Gasteiger partial charge in [-0.25, -0.2) is 0 Å². The highest BCUT2D eigenvalue weighted by molar-refractivity contribution is 5.88. The van der Waals surface area contributed by atoms with Gasteiger partial charge < -0.3 is 16.4 Å². The Kier molecular flexibility index (Phi) is 5.04. The van der Waals surface area contributed by atoms with Crippen molar-refractivity contribution in [1.82, 2.24) is 10.6 Å². The molecule has 1 heterocycles. The molecule has 0 saturated carbocycles. The van der Waals surface area contributed by atoms with E-state index < -0.39 is 11.4 Å². The molecule has 1 unspecified atom stereocenters. The van der Waals surface area contributed by atoms with Crippen molar-refractivity contribution in [3.8, 4) is 0 Å². The van der Waals surface area contributed by atoms with E-state index in [1.54, 1.807) is 38.7 Å². The fourth-order valence-electron chi connectivity index (χ4n) is 1.05. The highest BCUT2D eigenvalue weighted by Gasteiger charge is 2.33. The second-order valence-corrected chi connectivity index (χ2v) is 3.08. The first kappa shape index (κ1) is 13.7. The molecule has 0 aromatic carbocycles. The number of nitrogens with zero attached hydrogens (tertiary/aromatic N) is 1. The molecule has 1 rings (SSSR count). The van der Waals surface area contributed by atoms with Crippen molar-refractivity contribution in [3.63, 3.8) is 0 Å². The number of nitrogens with two attached hydrogens (primary N) is 1. The van der Waals surface area contributed by atoms with Gasteiger partial charge in [0.05, 0.1) is 5.70 Å². The maximum absolute atomic E-state index is 11.3. The van der Waals surface area contributed by atoms with Gasteiger partial charge >= 0.3 is 0 Å². The van der Waals surface area contributed by atoms with Crippen molar-refractivity contribution in [1.29, 1.82) is 0 Å². The molecule has 0 saturated heterocycles. The molecule has 84 valence electrons. The lowest BCUT2D eigenvalue weighted by molar-refractivity contribution is -0.122. The molecule has 0 radical (unpaired) electrons. The summed E-state index contributed by atoms with van der Waals surface area (Å²) in [6.45, 7) is 1.70. The van der Waals surface area contributed by atoms with Gasteiger partial charge in [0.2, 0.25) is 5.91 Å². The van der Waals surface area contributed by atoms with E-state index in [1.165, 1.54) is 0 Å². The molecule has 4 N–H and O–H groups in total. The van der Waals surface area contributed by atoms with Crippen LogP contribution in [0.15, 0.2) is 29.2 Å². The van der Waals surface area contributed by atoms with Crippen LogP contribution in [0.3, 0.4) is 0 Å². The van der Waals surface area contributed by atoms with Crippen molar-refractivity contribution in [3.05, 3.63) is 24.2 Å². The number of carbonyl (C=O) groups is 1. The van der Waals surface area contributed by atoms with Gasteiger partial charge in [-0.05, 0) is 20.0 Å². The molecule has 0 spiro atoms. The standard InChI is InChI=1S/C9H14N4O.ClH/c1-9(11-2,8(10)14)7-6-12-4-3-5-13-7;/h3-6,11,13H,1-2H3,(H2,10,14);1H. The average Bonchev–Trinajstić information content (AvgIpc) is 2.44. The molecule has 0 aliphatic carbocycles. The van der Waals surface area contributed by atoms with Crippen molar-refractivity contribution < 1.29 is 4.79 Å². The van der Waals surface area contributed by atoms with Crippen LogP contribution in [0.5, 0.6) is 0 Å². The Hall–Kier alpha value is -1.33. The smallest absolute Gasteiger partial charge is 0.243 e. The Morgan fingerprint density at radius 3 is 2.87 bits per heavy atom. The molecule has 15 heavy (non-hydrogen) atoms. The number of hydrogen-bond acceptors (Lipinski definition) is 4. The van der Waals surface area contributed by atoms with Crippen LogP contribution in [0.4, 0.5) is 0 Å². The highest BCUT2D eigenvalue weighted by atomic mass is 35.5. The first-order valence-corrected chi connectivity index (χ1v) is 4.25. The van der Waals surface area contributed by atoms with Crippen molar-refractivity contribution >= 4 is 24.5 Å². The van der Waals surface area contributed by atoms with Gasteiger partial charge in [0.25, 0.3) is 0 Å². The number of likely N-dealkylation sites (N-methyl/N-ethyl adjacent to an activating group) is 1. The summed E-state index contributed by atoms with van der Waals surface area (Å²) in [6, 6.07) is 0. The minimum absolute atomic E-state index is 0. The van der Waals surface area contributed by atoms with Gasteiger partial charge in [-0.1, -0.05) is 0 Å². The van der Waals surface area contributed by atoms with Crippen LogP contribution >= 0.6 is 12.4 Å². The van der Waals surface area contributed by atoms with E-state index in [4.69, 9.17) is 5.73 Å². The lowest BCUT2D eigenvalue weighted by Gasteiger charge is -2.27. The Balaban J connectivity index is 0.00000196. The summed E-state index contributed by atoms with van der Waals surface area (Å²) in [5.41, 5.74) is 5.00. The lowest BCUT2D eigenvalue weighted by Crippen LogP contribution is -2.55. The average molecular weight is 231 g/mol. The van der Waals surface area contributed by atoms with Crippen LogP contribution in [0.25, 0.3) is 0 Å². The number of hydrogen-bond donors (Lipinski definition) is 3. The molecule has 0 fully saturated rings. The number of amides is 1. The molecule has 1 atom stereocenters. The van der Waals surface area contributed by atoms with Crippen LogP contribution in [0.2, 0.25) is 0 Å². The lowest BCUT2D eigenvalue weighted by atomic mass is 9.97. The second-order valence-electron chi connectivity index (χ2n) is 3.08. The monoisotopic (exact) mass is 230 g/mol. The molecule has 0 aromatic heterocycles. The van der Waals surface area contributed by atoms with Gasteiger partial charge in [0.1, 0.15) is 5.54 Å². The van der Waals surface area contributed by atoms with E-state index in [0.29, 0.717) is 5.70 Å². The van der Waals surface area contributed by atoms with E-state index in [-0.39, 0.29) is 12.4 Å². The number of primary amides is 1. The number of nitrogens with one attached hydrogen (secondary N) is 2. The van der Waals surface area contributed by atoms with Crippen molar-refractivity contribution in [2.45, 2.75) is 12.5 Å². The number of allylic oxidation sites excluding steroid dienone is 1. The maximum Gasteiger partial charge on any atom is 0.243 e. The van der Waals surface area contributed by atoms with E-state index in [1.807, 2.05) is 0 Å². The topological polar surface area (TPSA) is 79.5 Å². The van der Waals surface area contributed by atoms with Crippen LogP contribution in [0.1, 0.15) is 6.92 Å². The summed E-state index contributed by atoms with van der Waals surface area (Å²) >= 11 is 0. The van der Waals surface area contributed by atoms with E-state index in [0.717, 1.165) is 0 Å². The predicted octanol–water partition coefficient (Wildman–Crippen LogP) is -0.0993. The zero-order valence-corrected chi connectivity index (χ0v) is 9.47. The quantitative estimate of drug-likeness (QED) is 0.634. The van der Waals surface area contributed by atoms with Gasteiger partial charge in [-0.2, -0.15) is 0 Å². The minimum atomic E-state index is -0.925. The van der Waals surface area contributed by atoms with Crippen LogP contribution in [-0.4, -0.2) is 24.7 Å². The van der Waals surface area contributed by atoms with Crippen LogP contribution in [-0.2, 0) is 4.79 Å². The number of aliphatic imine (C=N–C) groups is 1. The third kappa shape index (κ3) is 2.81. The largest absolute Gasteiger partial charge is 0.368 e. The summed E-state index contributed by atoms with van der Waals surface area (Å²) in [5, 5.41) is 5.81. The Morgan fingerprint density at radius 1 is 1.67 bits per heavy atom. The SMILES string of the molecule is CNC(C)(C(N)=O)C1=CN=CC=CN1.Cl. The van der Waals surface area contributed by atoms with Gasteiger partial charge in [-0.15, -0.1) is 12.4 Å². The molecule has 6 heteroatoms. The Bertz CT molecular complexity index is 324. The molecular formula is C9H15ClN4O. The zero-order valence-electron chi connectivity index (χ0n) is 8.65. The van der Waals surface area contributed by atoms with Crippen molar-refractivity contribution in [2.24, 2.45) is 10.7 Å². The number of halogens is 1. The maximum atomic E-state index is 11.3. The summed E-state index contributed by atoms with van der Waals surface area (Å²) in [4.78, 5) is 15.2. The van der Waals surface area contributed by atoms with Gasteiger partial charge in [-0.3, -0.25) is 9.79 Å². The number of carbonyl (C=O) groups excluding carboxylic acids is 1. The Labute approximate surface area is 94.9 Å². The molecule has 1 amide bonds. The minimum Gasteiger partial charge on any atom is -0.368 e. The fourth-order valence-corrected chi connectivity index (χ4v) is 1.05. The fraction of sp³-hybridized carbons (Fsp3) is 0.333. The molecule has 5 nitrogen and oxygen atoms in total. The molecule has 1 aliphatic heterocycles. The summed E-state index contributed by atoms with van der Waals surface area (Å²) in [6.07, 6.45) is 6.62. The van der Waals surface area contributed by atoms with Crippen LogP contribution in [0, 0.1) is 0 Å². The van der Waals surface area contributed by atoms with Crippen molar-refractivity contribution in [2.75, 3.05) is 7.05 Å². The van der Waals surface area contributed by atoms with E-state index >= 15 is 0 Å². The van der Waals surface area contributed by atoms with Gasteiger partial charge in [0, 0.05) is 18.6 Å². The third-order valence-electron chi connectivity index (χ3n) is 2.24. The number of rotatable bonds is 3. The molecular weight excluding hydrogens is 216 g/mol. The van der Waals surface area contributed by atoms with E-state index in [2.05, 4.69) is 15.6 Å². The van der Waals surface area contributed by atoms with Crippen LogP contribution < -0.4 is 16.4 Å². The molecule has 0 bridgehead atoms. The highest BCUT2D eigenvalue weighted by Crippen LogP contribution is 2.13. The summed E-state index contributed by atoms with van der Waals surface area (Å²) < 4.78 is 0. The summed E-state index contributed by atoms with van der Waals surface area (Å²) in [7, 11) is 1.67.